The van der Waals surface area contributed by atoms with Crippen molar-refractivity contribution in [3.8, 4) is 0 Å². The van der Waals surface area contributed by atoms with E-state index in [1.807, 2.05) is 55.9 Å². The van der Waals surface area contributed by atoms with E-state index in [1.165, 1.54) is 0 Å². The quantitative estimate of drug-likeness (QED) is 0.805. The second-order valence-electron chi connectivity index (χ2n) is 5.55. The van der Waals surface area contributed by atoms with E-state index in [2.05, 4.69) is 15.5 Å². The van der Waals surface area contributed by atoms with E-state index in [0.717, 1.165) is 17.0 Å². The second-order valence-corrected chi connectivity index (χ2v) is 5.55. The highest BCUT2D eigenvalue weighted by Crippen LogP contribution is 2.17. The Labute approximate surface area is 134 Å². The van der Waals surface area contributed by atoms with Gasteiger partial charge in [-0.2, -0.15) is 10.2 Å². The first-order chi connectivity index (χ1) is 11.0. The Morgan fingerprint density at radius 1 is 1.22 bits per heavy atom. The minimum atomic E-state index is -0.160. The summed E-state index contributed by atoms with van der Waals surface area (Å²) in [4.78, 5) is 12.5. The van der Waals surface area contributed by atoms with Crippen LogP contribution in [-0.2, 0) is 13.6 Å². The van der Waals surface area contributed by atoms with Crippen molar-refractivity contribution in [2.45, 2.75) is 20.4 Å². The fraction of sp³-hybridized carbons (Fsp3) is 0.235. The van der Waals surface area contributed by atoms with Crippen molar-refractivity contribution in [3.63, 3.8) is 0 Å². The molecule has 3 rings (SSSR count). The predicted octanol–water partition coefficient (Wildman–Crippen LogP) is 2.53. The Bertz CT molecular complexity index is 832. The van der Waals surface area contributed by atoms with Gasteiger partial charge >= 0.3 is 0 Å². The molecule has 1 aromatic carbocycles. The van der Waals surface area contributed by atoms with E-state index in [0.29, 0.717) is 17.8 Å². The van der Waals surface area contributed by atoms with Crippen LogP contribution in [0.4, 0.5) is 5.69 Å². The van der Waals surface area contributed by atoms with E-state index in [9.17, 15) is 4.79 Å². The van der Waals surface area contributed by atoms with Crippen LogP contribution in [0.25, 0.3) is 0 Å². The van der Waals surface area contributed by atoms with Crippen molar-refractivity contribution in [3.05, 3.63) is 65.2 Å². The minimum Gasteiger partial charge on any atom is -0.319 e. The largest absolute Gasteiger partial charge is 0.319 e. The third-order valence-corrected chi connectivity index (χ3v) is 3.75. The highest BCUT2D eigenvalue weighted by molar-refractivity contribution is 6.05. The molecule has 0 aliphatic heterocycles. The van der Waals surface area contributed by atoms with E-state index in [1.54, 1.807) is 17.1 Å². The van der Waals surface area contributed by atoms with Crippen LogP contribution in [0.2, 0.25) is 0 Å². The van der Waals surface area contributed by atoms with Crippen LogP contribution < -0.4 is 5.32 Å². The molecule has 0 atom stereocenters. The smallest absolute Gasteiger partial charge is 0.259 e. The molecule has 0 saturated carbocycles. The summed E-state index contributed by atoms with van der Waals surface area (Å²) in [7, 11) is 1.81. The molecule has 23 heavy (non-hydrogen) atoms. The van der Waals surface area contributed by atoms with E-state index in [-0.39, 0.29) is 5.91 Å². The molecule has 0 fully saturated rings. The summed E-state index contributed by atoms with van der Waals surface area (Å²) < 4.78 is 3.51. The Balaban J connectivity index is 1.84. The van der Waals surface area contributed by atoms with Crippen LogP contribution in [0, 0.1) is 13.8 Å². The van der Waals surface area contributed by atoms with E-state index in [4.69, 9.17) is 0 Å². The first-order valence-corrected chi connectivity index (χ1v) is 7.42. The molecule has 0 spiro atoms. The lowest BCUT2D eigenvalue weighted by atomic mass is 10.1. The number of nitrogens with one attached hydrogen (secondary N) is 1. The molecule has 0 unspecified atom stereocenters. The Hall–Kier alpha value is -2.89. The third-order valence-electron chi connectivity index (χ3n) is 3.75. The fourth-order valence-corrected chi connectivity index (χ4v) is 2.62. The minimum absolute atomic E-state index is 0.160. The number of benzene rings is 1. The molecule has 0 aliphatic carbocycles. The van der Waals surface area contributed by atoms with Gasteiger partial charge in [-0.1, -0.05) is 30.3 Å². The number of hydrogen-bond acceptors (Lipinski definition) is 3. The Morgan fingerprint density at radius 2 is 1.96 bits per heavy atom. The third kappa shape index (κ3) is 3.15. The number of rotatable bonds is 4. The van der Waals surface area contributed by atoms with Crippen LogP contribution >= 0.6 is 0 Å². The number of carbonyl (C=O) groups is 1. The highest BCUT2D eigenvalue weighted by atomic mass is 16.1. The van der Waals surface area contributed by atoms with Gasteiger partial charge in [-0.3, -0.25) is 14.2 Å². The van der Waals surface area contributed by atoms with Crippen LogP contribution in [-0.4, -0.2) is 25.5 Å². The number of anilines is 1. The van der Waals surface area contributed by atoms with Crippen molar-refractivity contribution < 1.29 is 4.79 Å². The summed E-state index contributed by atoms with van der Waals surface area (Å²) in [6, 6.07) is 10.1. The summed E-state index contributed by atoms with van der Waals surface area (Å²) in [5.41, 5.74) is 4.02. The highest BCUT2D eigenvalue weighted by Gasteiger charge is 2.19. The molecule has 2 aromatic heterocycles. The molecular formula is C17H19N5O. The molecule has 1 N–H and O–H groups in total. The van der Waals surface area contributed by atoms with E-state index < -0.39 is 0 Å². The number of aryl methyl sites for hydroxylation is 2. The zero-order valence-electron chi connectivity index (χ0n) is 13.4. The van der Waals surface area contributed by atoms with Crippen molar-refractivity contribution >= 4 is 11.6 Å². The van der Waals surface area contributed by atoms with Crippen molar-refractivity contribution in [1.29, 1.82) is 0 Å². The first-order valence-electron chi connectivity index (χ1n) is 7.42. The lowest BCUT2D eigenvalue weighted by molar-refractivity contribution is 0.102. The van der Waals surface area contributed by atoms with Gasteiger partial charge in [0.25, 0.3) is 5.91 Å². The van der Waals surface area contributed by atoms with Crippen LogP contribution in [0.1, 0.15) is 27.3 Å². The average Bonchev–Trinajstić information content (AvgIpc) is 3.04. The molecule has 0 saturated heterocycles. The first kappa shape index (κ1) is 15.0. The normalized spacial score (nSPS) is 10.7. The van der Waals surface area contributed by atoms with Gasteiger partial charge in [-0.15, -0.1) is 0 Å². The maximum Gasteiger partial charge on any atom is 0.259 e. The standard InChI is InChI=1S/C17H19N5O/c1-12-16(17(23)19-15-9-18-21(3)11-15)13(2)22(20-12)10-14-7-5-4-6-8-14/h4-9,11H,10H2,1-3H3,(H,19,23). The summed E-state index contributed by atoms with van der Waals surface area (Å²) in [6.07, 6.45) is 3.38. The number of nitrogens with zero attached hydrogens (tertiary/aromatic N) is 4. The zero-order chi connectivity index (χ0) is 16.4. The number of amides is 1. The molecule has 2 heterocycles. The molecule has 0 aliphatic rings. The van der Waals surface area contributed by atoms with Gasteiger partial charge < -0.3 is 5.32 Å². The Kier molecular flexibility index (Phi) is 3.97. The van der Waals surface area contributed by atoms with Crippen LogP contribution in [0.15, 0.2) is 42.7 Å². The fourth-order valence-electron chi connectivity index (χ4n) is 2.62. The molecule has 0 bridgehead atoms. The second kappa shape index (κ2) is 6.08. The van der Waals surface area contributed by atoms with Crippen LogP contribution in [0.5, 0.6) is 0 Å². The van der Waals surface area contributed by atoms with Gasteiger partial charge in [-0.05, 0) is 19.4 Å². The summed E-state index contributed by atoms with van der Waals surface area (Å²) in [5.74, 6) is -0.160. The maximum absolute atomic E-state index is 12.5. The number of aromatic nitrogens is 4. The molecule has 6 nitrogen and oxygen atoms in total. The predicted molar refractivity (Wildman–Crippen MR) is 88.4 cm³/mol. The van der Waals surface area contributed by atoms with Crippen molar-refractivity contribution in [2.24, 2.45) is 7.05 Å². The number of carbonyl (C=O) groups excluding carboxylic acids is 1. The molecular weight excluding hydrogens is 290 g/mol. The lowest BCUT2D eigenvalue weighted by Crippen LogP contribution is -2.14. The monoisotopic (exact) mass is 309 g/mol. The van der Waals surface area contributed by atoms with E-state index >= 15 is 0 Å². The zero-order valence-corrected chi connectivity index (χ0v) is 13.4. The van der Waals surface area contributed by atoms with Crippen LogP contribution in [0.3, 0.4) is 0 Å². The molecule has 118 valence electrons. The SMILES string of the molecule is Cc1nn(Cc2ccccc2)c(C)c1C(=O)Nc1cnn(C)c1. The molecule has 0 radical (unpaired) electrons. The van der Waals surface area contributed by atoms with Crippen molar-refractivity contribution in [2.75, 3.05) is 5.32 Å². The molecule has 3 aromatic rings. The number of hydrogen-bond donors (Lipinski definition) is 1. The topological polar surface area (TPSA) is 64.7 Å². The van der Waals surface area contributed by atoms with Gasteiger partial charge in [0.1, 0.15) is 0 Å². The van der Waals surface area contributed by atoms with Crippen molar-refractivity contribution in [1.82, 2.24) is 19.6 Å². The van der Waals surface area contributed by atoms with Gasteiger partial charge in [0.2, 0.25) is 0 Å². The van der Waals surface area contributed by atoms with Gasteiger partial charge in [0.15, 0.2) is 0 Å². The summed E-state index contributed by atoms with van der Waals surface area (Å²) >= 11 is 0. The Morgan fingerprint density at radius 3 is 2.61 bits per heavy atom. The van der Waals surface area contributed by atoms with Gasteiger partial charge in [-0.25, -0.2) is 0 Å². The maximum atomic E-state index is 12.5. The molecule has 6 heteroatoms. The average molecular weight is 309 g/mol. The lowest BCUT2D eigenvalue weighted by Gasteiger charge is -2.06. The molecule has 1 amide bonds. The van der Waals surface area contributed by atoms with Gasteiger partial charge in [0, 0.05) is 18.9 Å². The summed E-state index contributed by atoms with van der Waals surface area (Å²) in [5, 5.41) is 11.4. The summed E-state index contributed by atoms with van der Waals surface area (Å²) in [6.45, 7) is 4.42. The van der Waals surface area contributed by atoms with Gasteiger partial charge in [0.05, 0.1) is 29.7 Å².